The molecule has 0 amide bonds. The number of aryl methyl sites for hydroxylation is 2. The average Bonchev–Trinajstić information content (AvgIpc) is 2.73. The van der Waals surface area contributed by atoms with Crippen LogP contribution in [0.2, 0.25) is 0 Å². The van der Waals surface area contributed by atoms with E-state index in [9.17, 15) is 13.2 Å². The Morgan fingerprint density at radius 3 is 2.59 bits per heavy atom. The normalized spacial score (nSPS) is 19.3. The number of esters is 1. The highest BCUT2D eigenvalue weighted by Gasteiger charge is 2.38. The summed E-state index contributed by atoms with van der Waals surface area (Å²) in [6, 6.07) is 12.8. The van der Waals surface area contributed by atoms with Crippen molar-refractivity contribution in [3.63, 3.8) is 0 Å². The van der Waals surface area contributed by atoms with Gasteiger partial charge in [0.1, 0.15) is 0 Å². The van der Waals surface area contributed by atoms with E-state index in [0.29, 0.717) is 17.9 Å². The van der Waals surface area contributed by atoms with Gasteiger partial charge in [-0.25, -0.2) is 8.42 Å². The lowest BCUT2D eigenvalue weighted by Gasteiger charge is -2.36. The van der Waals surface area contributed by atoms with E-state index in [2.05, 4.69) is 0 Å². The van der Waals surface area contributed by atoms with Crippen molar-refractivity contribution in [3.05, 3.63) is 64.7 Å². The lowest BCUT2D eigenvalue weighted by molar-refractivity contribution is -0.144. The van der Waals surface area contributed by atoms with Crippen LogP contribution in [0.5, 0.6) is 0 Å². The molecule has 2 aliphatic rings. The van der Waals surface area contributed by atoms with Crippen molar-refractivity contribution in [2.75, 3.05) is 13.2 Å². The second-order valence-corrected chi connectivity index (χ2v) is 9.62. The molecule has 0 radical (unpaired) electrons. The fourth-order valence-corrected chi connectivity index (χ4v) is 6.17. The number of benzene rings is 2. The molecule has 1 atom stereocenters. The summed E-state index contributed by atoms with van der Waals surface area (Å²) >= 11 is 0. The summed E-state index contributed by atoms with van der Waals surface area (Å²) in [7, 11) is -3.72. The van der Waals surface area contributed by atoms with E-state index < -0.39 is 16.1 Å². The molecule has 1 aliphatic heterocycles. The first-order valence-corrected chi connectivity index (χ1v) is 11.8. The van der Waals surface area contributed by atoms with E-state index in [1.54, 1.807) is 13.0 Å². The molecule has 0 fully saturated rings. The second-order valence-electron chi connectivity index (χ2n) is 7.73. The topological polar surface area (TPSA) is 63.7 Å². The van der Waals surface area contributed by atoms with Crippen molar-refractivity contribution >= 4 is 16.0 Å². The molecule has 1 aliphatic carbocycles. The molecule has 2 aromatic carbocycles. The highest BCUT2D eigenvalue weighted by atomic mass is 32.2. The number of ether oxygens (including phenoxy) is 1. The molecule has 1 heterocycles. The third kappa shape index (κ3) is 3.96. The van der Waals surface area contributed by atoms with Crippen LogP contribution in [0.1, 0.15) is 54.5 Å². The lowest BCUT2D eigenvalue weighted by Crippen LogP contribution is -2.41. The van der Waals surface area contributed by atoms with Crippen molar-refractivity contribution < 1.29 is 17.9 Å². The highest BCUT2D eigenvalue weighted by molar-refractivity contribution is 7.89. The van der Waals surface area contributed by atoms with Crippen LogP contribution in [0.4, 0.5) is 0 Å². The van der Waals surface area contributed by atoms with Gasteiger partial charge >= 0.3 is 5.97 Å². The highest BCUT2D eigenvalue weighted by Crippen LogP contribution is 2.37. The minimum absolute atomic E-state index is 0.0228. The first-order valence-electron chi connectivity index (χ1n) is 10.4. The fraction of sp³-hybridized carbons (Fsp3) is 0.435. The summed E-state index contributed by atoms with van der Waals surface area (Å²) in [4.78, 5) is 12.6. The van der Waals surface area contributed by atoms with Gasteiger partial charge in [-0.1, -0.05) is 30.3 Å². The van der Waals surface area contributed by atoms with Crippen LogP contribution in [0.15, 0.2) is 47.4 Å². The van der Waals surface area contributed by atoms with Crippen molar-refractivity contribution in [1.82, 2.24) is 4.31 Å². The summed E-state index contributed by atoms with van der Waals surface area (Å²) in [5.41, 5.74) is 4.38. The van der Waals surface area contributed by atoms with Gasteiger partial charge in [0, 0.05) is 6.54 Å². The molecule has 2 aromatic rings. The lowest BCUT2D eigenvalue weighted by atomic mass is 9.92. The average molecular weight is 414 g/mol. The monoisotopic (exact) mass is 413 g/mol. The molecule has 4 rings (SSSR count). The second kappa shape index (κ2) is 8.28. The van der Waals surface area contributed by atoms with Gasteiger partial charge in [0.25, 0.3) is 0 Å². The molecule has 0 saturated carbocycles. The summed E-state index contributed by atoms with van der Waals surface area (Å²) in [5.74, 6) is -0.375. The van der Waals surface area contributed by atoms with Crippen molar-refractivity contribution in [2.45, 2.75) is 56.4 Å². The Morgan fingerprint density at radius 1 is 1.03 bits per heavy atom. The smallest absolute Gasteiger partial charge is 0.307 e. The molecule has 0 bridgehead atoms. The van der Waals surface area contributed by atoms with Gasteiger partial charge in [0.2, 0.25) is 10.0 Å². The van der Waals surface area contributed by atoms with Crippen LogP contribution in [0.25, 0.3) is 0 Å². The number of hydrogen-bond acceptors (Lipinski definition) is 4. The van der Waals surface area contributed by atoms with Crippen LogP contribution < -0.4 is 0 Å². The van der Waals surface area contributed by atoms with Gasteiger partial charge in [-0.15, -0.1) is 0 Å². The Morgan fingerprint density at radius 2 is 1.79 bits per heavy atom. The predicted molar refractivity (Wildman–Crippen MR) is 111 cm³/mol. The van der Waals surface area contributed by atoms with Crippen LogP contribution in [-0.2, 0) is 38.8 Å². The first-order chi connectivity index (χ1) is 14.0. The molecule has 154 valence electrons. The largest absolute Gasteiger partial charge is 0.466 e. The zero-order valence-corrected chi connectivity index (χ0v) is 17.6. The van der Waals surface area contributed by atoms with E-state index >= 15 is 0 Å². The first kappa shape index (κ1) is 20.1. The molecular formula is C23H27NO4S. The molecule has 0 saturated heterocycles. The standard InChI is InChI=1S/C23H27NO4S/c1-2-28-23(25)16-22-21-10-6-5-8-18(21)13-14-24(22)29(26,27)20-12-11-17-7-3-4-9-19(17)15-20/h5-6,8,10-12,15,22H,2-4,7,9,13-14,16H2,1H3. The van der Waals surface area contributed by atoms with Crippen LogP contribution in [0.3, 0.4) is 0 Å². The third-order valence-electron chi connectivity index (χ3n) is 5.96. The number of fused-ring (bicyclic) bond motifs is 2. The molecule has 0 spiro atoms. The Labute approximate surface area is 172 Å². The van der Waals surface area contributed by atoms with E-state index in [1.807, 2.05) is 36.4 Å². The summed E-state index contributed by atoms with van der Waals surface area (Å²) < 4.78 is 33.8. The maximum Gasteiger partial charge on any atom is 0.307 e. The minimum atomic E-state index is -3.72. The van der Waals surface area contributed by atoms with Gasteiger partial charge in [-0.3, -0.25) is 4.79 Å². The quantitative estimate of drug-likeness (QED) is 0.700. The van der Waals surface area contributed by atoms with E-state index in [-0.39, 0.29) is 19.0 Å². The van der Waals surface area contributed by atoms with E-state index in [1.165, 1.54) is 9.87 Å². The van der Waals surface area contributed by atoms with Crippen LogP contribution in [0, 0.1) is 0 Å². The predicted octanol–water partition coefficient (Wildman–Crippen LogP) is 3.81. The van der Waals surface area contributed by atoms with Gasteiger partial charge in [-0.2, -0.15) is 4.31 Å². The van der Waals surface area contributed by atoms with Crippen molar-refractivity contribution in [3.8, 4) is 0 Å². The number of carbonyl (C=O) groups is 1. The minimum Gasteiger partial charge on any atom is -0.466 e. The molecule has 5 nitrogen and oxygen atoms in total. The van der Waals surface area contributed by atoms with E-state index in [0.717, 1.165) is 42.4 Å². The van der Waals surface area contributed by atoms with Crippen LogP contribution in [-0.4, -0.2) is 31.8 Å². The van der Waals surface area contributed by atoms with E-state index in [4.69, 9.17) is 4.74 Å². The number of nitrogens with zero attached hydrogens (tertiary/aromatic N) is 1. The van der Waals surface area contributed by atoms with Crippen molar-refractivity contribution in [2.24, 2.45) is 0 Å². The zero-order valence-electron chi connectivity index (χ0n) is 16.8. The zero-order chi connectivity index (χ0) is 20.4. The Balaban J connectivity index is 1.72. The SMILES string of the molecule is CCOC(=O)CC1c2ccccc2CCN1S(=O)(=O)c1ccc2c(c1)CCCC2. The maximum absolute atomic E-state index is 13.6. The van der Waals surface area contributed by atoms with Gasteiger partial charge in [-0.05, 0) is 73.4 Å². The molecule has 1 unspecified atom stereocenters. The van der Waals surface area contributed by atoms with Gasteiger partial charge < -0.3 is 4.74 Å². The summed E-state index contributed by atoms with van der Waals surface area (Å²) in [6.07, 6.45) is 4.85. The number of hydrogen-bond donors (Lipinski definition) is 0. The van der Waals surface area contributed by atoms with Crippen molar-refractivity contribution in [1.29, 1.82) is 0 Å². The summed E-state index contributed by atoms with van der Waals surface area (Å²) in [5, 5.41) is 0. The number of sulfonamides is 1. The van der Waals surface area contributed by atoms with Gasteiger partial charge in [0.05, 0.1) is 24.0 Å². The third-order valence-corrected chi connectivity index (χ3v) is 7.86. The maximum atomic E-state index is 13.6. The molecule has 0 aromatic heterocycles. The number of carbonyl (C=O) groups excluding carboxylic acids is 1. The molecule has 0 N–H and O–H groups in total. The molecule has 29 heavy (non-hydrogen) atoms. The number of rotatable bonds is 5. The Kier molecular flexibility index (Phi) is 5.74. The molecular weight excluding hydrogens is 386 g/mol. The Bertz CT molecular complexity index is 1020. The fourth-order valence-electron chi connectivity index (χ4n) is 4.51. The Hall–Kier alpha value is -2.18. The van der Waals surface area contributed by atoms with Crippen LogP contribution >= 0.6 is 0 Å². The summed E-state index contributed by atoms with van der Waals surface area (Å²) in [6.45, 7) is 2.40. The van der Waals surface area contributed by atoms with Gasteiger partial charge in [0.15, 0.2) is 0 Å². The molecule has 6 heteroatoms.